The number of unbranched alkanes of at least 4 members (excludes halogenated alkanes) is 1. The lowest BCUT2D eigenvalue weighted by Gasteiger charge is -2.28. The zero-order valence-electron chi connectivity index (χ0n) is 10.5. The molecule has 0 aliphatic rings. The molecule has 1 unspecified atom stereocenters. The van der Waals surface area contributed by atoms with Crippen LogP contribution in [0.5, 0.6) is 0 Å². The molecule has 0 amide bonds. The van der Waals surface area contributed by atoms with E-state index in [0.717, 1.165) is 5.56 Å². The van der Waals surface area contributed by atoms with Crippen LogP contribution in [0.1, 0.15) is 31.7 Å². The van der Waals surface area contributed by atoms with Gasteiger partial charge < -0.3 is 5.11 Å². The molecule has 0 saturated heterocycles. The SMILES string of the molecule is CC(CO)(CCCCS(=O)(=O)O)c1ccccc1. The topological polar surface area (TPSA) is 74.6 Å². The van der Waals surface area contributed by atoms with E-state index in [2.05, 4.69) is 0 Å². The largest absolute Gasteiger partial charge is 0.395 e. The lowest BCUT2D eigenvalue weighted by atomic mass is 9.79. The summed E-state index contributed by atoms with van der Waals surface area (Å²) in [6, 6.07) is 9.67. The van der Waals surface area contributed by atoms with Crippen molar-refractivity contribution in [3.63, 3.8) is 0 Å². The number of benzene rings is 1. The molecule has 0 saturated carbocycles. The first-order valence-corrected chi connectivity index (χ1v) is 7.60. The number of aliphatic hydroxyl groups is 1. The summed E-state index contributed by atoms with van der Waals surface area (Å²) in [5.41, 5.74) is 0.680. The maximum Gasteiger partial charge on any atom is 0.264 e. The summed E-state index contributed by atoms with van der Waals surface area (Å²) < 4.78 is 29.8. The van der Waals surface area contributed by atoms with Gasteiger partial charge in [0.2, 0.25) is 0 Å². The number of hydrogen-bond acceptors (Lipinski definition) is 3. The fourth-order valence-electron chi connectivity index (χ4n) is 1.95. The normalized spacial score (nSPS) is 15.3. The highest BCUT2D eigenvalue weighted by atomic mass is 32.2. The van der Waals surface area contributed by atoms with Crippen molar-refractivity contribution in [2.45, 2.75) is 31.6 Å². The van der Waals surface area contributed by atoms with Gasteiger partial charge in [-0.25, -0.2) is 0 Å². The fourth-order valence-corrected chi connectivity index (χ4v) is 2.52. The van der Waals surface area contributed by atoms with E-state index in [1.54, 1.807) is 0 Å². The highest BCUT2D eigenvalue weighted by Crippen LogP contribution is 2.28. The minimum atomic E-state index is -3.88. The van der Waals surface area contributed by atoms with Crippen molar-refractivity contribution in [3.05, 3.63) is 35.9 Å². The van der Waals surface area contributed by atoms with Crippen LogP contribution in [-0.4, -0.2) is 30.4 Å². The molecule has 5 heteroatoms. The Kier molecular flexibility index (Phi) is 5.31. The fraction of sp³-hybridized carbons (Fsp3) is 0.538. The molecule has 0 aromatic heterocycles. The van der Waals surface area contributed by atoms with Gasteiger partial charge in [0.25, 0.3) is 10.1 Å². The predicted molar refractivity (Wildman–Crippen MR) is 71.1 cm³/mol. The van der Waals surface area contributed by atoms with E-state index in [4.69, 9.17) is 4.55 Å². The third kappa shape index (κ3) is 4.76. The molecule has 18 heavy (non-hydrogen) atoms. The molecule has 4 nitrogen and oxygen atoms in total. The van der Waals surface area contributed by atoms with Crippen molar-refractivity contribution < 1.29 is 18.1 Å². The van der Waals surface area contributed by atoms with Gasteiger partial charge in [0, 0.05) is 5.41 Å². The maximum atomic E-state index is 10.6. The van der Waals surface area contributed by atoms with Crippen molar-refractivity contribution in [1.82, 2.24) is 0 Å². The summed E-state index contributed by atoms with van der Waals surface area (Å²) in [6.07, 6.45) is 1.73. The molecule has 0 aliphatic heterocycles. The van der Waals surface area contributed by atoms with Crippen LogP contribution in [0.25, 0.3) is 0 Å². The van der Waals surface area contributed by atoms with E-state index in [9.17, 15) is 13.5 Å². The van der Waals surface area contributed by atoms with Gasteiger partial charge >= 0.3 is 0 Å². The van der Waals surface area contributed by atoms with E-state index in [1.807, 2.05) is 37.3 Å². The van der Waals surface area contributed by atoms with Crippen LogP contribution in [0.4, 0.5) is 0 Å². The Morgan fingerprint density at radius 1 is 1.17 bits per heavy atom. The number of aliphatic hydroxyl groups excluding tert-OH is 1. The predicted octanol–water partition coefficient (Wildman–Crippen LogP) is 1.99. The summed E-state index contributed by atoms with van der Waals surface area (Å²) in [6.45, 7) is 1.97. The van der Waals surface area contributed by atoms with Crippen LogP contribution >= 0.6 is 0 Å². The molecule has 0 heterocycles. The van der Waals surface area contributed by atoms with E-state index in [0.29, 0.717) is 19.3 Å². The molecular weight excluding hydrogens is 252 g/mol. The van der Waals surface area contributed by atoms with Crippen molar-refractivity contribution in [2.75, 3.05) is 12.4 Å². The van der Waals surface area contributed by atoms with E-state index in [-0.39, 0.29) is 17.8 Å². The molecular formula is C13H20O4S. The zero-order chi connectivity index (χ0) is 13.6. The third-order valence-electron chi connectivity index (χ3n) is 3.20. The van der Waals surface area contributed by atoms with Crippen molar-refractivity contribution in [3.8, 4) is 0 Å². The Balaban J connectivity index is 2.57. The minimum absolute atomic E-state index is 0.0168. The monoisotopic (exact) mass is 272 g/mol. The van der Waals surface area contributed by atoms with E-state index < -0.39 is 10.1 Å². The Bertz CT molecular complexity index is 455. The second-order valence-electron chi connectivity index (χ2n) is 4.83. The van der Waals surface area contributed by atoms with Crippen LogP contribution < -0.4 is 0 Å². The van der Waals surface area contributed by atoms with Crippen LogP contribution in [0.2, 0.25) is 0 Å². The average molecular weight is 272 g/mol. The van der Waals surface area contributed by atoms with Gasteiger partial charge in [-0.15, -0.1) is 0 Å². The molecule has 102 valence electrons. The van der Waals surface area contributed by atoms with Gasteiger partial charge in [0.1, 0.15) is 0 Å². The zero-order valence-corrected chi connectivity index (χ0v) is 11.4. The first-order chi connectivity index (χ1) is 8.37. The molecule has 1 rings (SSSR count). The Morgan fingerprint density at radius 3 is 2.28 bits per heavy atom. The average Bonchev–Trinajstić information content (AvgIpc) is 2.34. The quantitative estimate of drug-likeness (QED) is 0.588. The van der Waals surface area contributed by atoms with E-state index in [1.165, 1.54) is 0 Å². The summed E-state index contributed by atoms with van der Waals surface area (Å²) in [5.74, 6) is -0.219. The molecule has 2 N–H and O–H groups in total. The lowest BCUT2D eigenvalue weighted by molar-refractivity contribution is 0.194. The van der Waals surface area contributed by atoms with E-state index >= 15 is 0 Å². The highest BCUT2D eigenvalue weighted by molar-refractivity contribution is 7.85. The van der Waals surface area contributed by atoms with Crippen LogP contribution in [0.3, 0.4) is 0 Å². The van der Waals surface area contributed by atoms with Gasteiger partial charge in [-0.2, -0.15) is 8.42 Å². The first kappa shape index (κ1) is 15.1. The van der Waals surface area contributed by atoms with Crippen molar-refractivity contribution in [1.29, 1.82) is 0 Å². The van der Waals surface area contributed by atoms with Gasteiger partial charge in [-0.1, -0.05) is 43.7 Å². The van der Waals surface area contributed by atoms with Crippen molar-refractivity contribution in [2.24, 2.45) is 0 Å². The molecule has 1 aromatic rings. The van der Waals surface area contributed by atoms with Gasteiger partial charge in [-0.3, -0.25) is 4.55 Å². The Morgan fingerprint density at radius 2 is 1.78 bits per heavy atom. The van der Waals surface area contributed by atoms with Gasteiger partial charge in [-0.05, 0) is 18.4 Å². The van der Waals surface area contributed by atoms with Crippen molar-refractivity contribution >= 4 is 10.1 Å². The summed E-state index contributed by atoms with van der Waals surface area (Å²) in [7, 11) is -3.88. The second kappa shape index (κ2) is 6.31. The minimum Gasteiger partial charge on any atom is -0.395 e. The van der Waals surface area contributed by atoms with Crippen LogP contribution in [-0.2, 0) is 15.5 Å². The molecule has 0 radical (unpaired) electrons. The lowest BCUT2D eigenvalue weighted by Crippen LogP contribution is -2.26. The first-order valence-electron chi connectivity index (χ1n) is 5.99. The standard InChI is InChI=1S/C13H20O4S/c1-13(11-14,12-7-3-2-4-8-12)9-5-6-10-18(15,16)17/h2-4,7-8,14H,5-6,9-11H2,1H3,(H,15,16,17). The molecule has 1 aromatic carbocycles. The van der Waals surface area contributed by atoms with Gasteiger partial charge in [0.05, 0.1) is 12.4 Å². The Labute approximate surface area is 108 Å². The molecule has 0 aliphatic carbocycles. The third-order valence-corrected chi connectivity index (χ3v) is 4.01. The molecule has 0 bridgehead atoms. The van der Waals surface area contributed by atoms with Crippen LogP contribution in [0.15, 0.2) is 30.3 Å². The molecule has 0 spiro atoms. The second-order valence-corrected chi connectivity index (χ2v) is 6.40. The number of hydrogen-bond donors (Lipinski definition) is 2. The van der Waals surface area contributed by atoms with Gasteiger partial charge in [0.15, 0.2) is 0 Å². The summed E-state index contributed by atoms with van der Waals surface area (Å²) >= 11 is 0. The Hall–Kier alpha value is -0.910. The van der Waals surface area contributed by atoms with Crippen LogP contribution in [0, 0.1) is 0 Å². The molecule has 0 fully saturated rings. The highest BCUT2D eigenvalue weighted by Gasteiger charge is 2.25. The smallest absolute Gasteiger partial charge is 0.264 e. The number of rotatable bonds is 7. The maximum absolute atomic E-state index is 10.6. The molecule has 1 atom stereocenters. The summed E-state index contributed by atoms with van der Waals surface area (Å²) in [5, 5.41) is 9.53. The summed E-state index contributed by atoms with van der Waals surface area (Å²) in [4.78, 5) is 0.